The number of benzene rings is 1. The SMILES string of the molecule is Cc1sc2ncnc(Nc3ccc(N4CCCC4=O)cc3)c2c1C. The summed E-state index contributed by atoms with van der Waals surface area (Å²) in [6, 6.07) is 7.94. The first-order chi connectivity index (χ1) is 11.6. The molecule has 5 nitrogen and oxygen atoms in total. The van der Waals surface area contributed by atoms with E-state index in [0.29, 0.717) is 6.42 Å². The highest BCUT2D eigenvalue weighted by Gasteiger charge is 2.21. The molecule has 3 aromatic rings. The van der Waals surface area contributed by atoms with E-state index in [2.05, 4.69) is 29.1 Å². The molecule has 1 N–H and O–H groups in total. The van der Waals surface area contributed by atoms with E-state index in [1.807, 2.05) is 29.2 Å². The van der Waals surface area contributed by atoms with Gasteiger partial charge in [0.15, 0.2) is 0 Å². The highest BCUT2D eigenvalue weighted by Crippen LogP contribution is 2.34. The van der Waals surface area contributed by atoms with Crippen molar-refractivity contribution in [2.24, 2.45) is 0 Å². The number of nitrogens with zero attached hydrogens (tertiary/aromatic N) is 3. The van der Waals surface area contributed by atoms with Gasteiger partial charge in [-0.2, -0.15) is 0 Å². The first kappa shape index (κ1) is 15.1. The quantitative estimate of drug-likeness (QED) is 0.778. The molecule has 0 atom stereocenters. The average molecular weight is 338 g/mol. The molecule has 1 amide bonds. The number of nitrogens with one attached hydrogen (secondary N) is 1. The summed E-state index contributed by atoms with van der Waals surface area (Å²) in [5, 5.41) is 4.46. The highest BCUT2D eigenvalue weighted by molar-refractivity contribution is 7.18. The van der Waals surface area contributed by atoms with Gasteiger partial charge in [-0.1, -0.05) is 0 Å². The summed E-state index contributed by atoms with van der Waals surface area (Å²) >= 11 is 1.69. The van der Waals surface area contributed by atoms with Crippen LogP contribution in [0.25, 0.3) is 10.2 Å². The standard InChI is InChI=1S/C18H18N4OS/c1-11-12(2)24-18-16(11)17(19-10-20-18)21-13-5-7-14(8-6-13)22-9-3-4-15(22)23/h5-8,10H,3-4,9H2,1-2H3,(H,19,20,21). The number of aromatic nitrogens is 2. The van der Waals surface area contributed by atoms with Gasteiger partial charge in [0.05, 0.1) is 5.39 Å². The van der Waals surface area contributed by atoms with Crippen LogP contribution in [0.15, 0.2) is 30.6 Å². The monoisotopic (exact) mass is 338 g/mol. The summed E-state index contributed by atoms with van der Waals surface area (Å²) in [6.45, 7) is 5.02. The van der Waals surface area contributed by atoms with Crippen molar-refractivity contribution < 1.29 is 4.79 Å². The Labute approximate surface area is 144 Å². The Hall–Kier alpha value is -2.47. The van der Waals surface area contributed by atoms with Crippen molar-refractivity contribution in [3.63, 3.8) is 0 Å². The van der Waals surface area contributed by atoms with E-state index < -0.39 is 0 Å². The molecule has 3 heterocycles. The van der Waals surface area contributed by atoms with Gasteiger partial charge in [0.1, 0.15) is 17.0 Å². The lowest BCUT2D eigenvalue weighted by Gasteiger charge is -2.16. The minimum absolute atomic E-state index is 0.206. The fourth-order valence-electron chi connectivity index (χ4n) is 3.06. The number of amides is 1. The van der Waals surface area contributed by atoms with E-state index in [0.717, 1.165) is 40.4 Å². The fourth-order valence-corrected chi connectivity index (χ4v) is 4.06. The molecule has 1 aromatic carbocycles. The predicted octanol–water partition coefficient (Wildman–Crippen LogP) is 4.18. The number of rotatable bonds is 3. The summed E-state index contributed by atoms with van der Waals surface area (Å²) in [7, 11) is 0. The van der Waals surface area contributed by atoms with Crippen molar-refractivity contribution in [2.75, 3.05) is 16.8 Å². The number of fused-ring (bicyclic) bond motifs is 1. The van der Waals surface area contributed by atoms with Gasteiger partial charge in [-0.05, 0) is 50.1 Å². The van der Waals surface area contributed by atoms with Crippen molar-refractivity contribution in [3.05, 3.63) is 41.0 Å². The molecule has 1 aliphatic heterocycles. The van der Waals surface area contributed by atoms with Gasteiger partial charge in [-0.3, -0.25) is 4.79 Å². The number of aryl methyl sites for hydroxylation is 2. The van der Waals surface area contributed by atoms with Crippen LogP contribution < -0.4 is 10.2 Å². The van der Waals surface area contributed by atoms with Crippen molar-refractivity contribution in [1.29, 1.82) is 0 Å². The molecule has 6 heteroatoms. The second-order valence-corrected chi connectivity index (χ2v) is 7.21. The van der Waals surface area contributed by atoms with Crippen LogP contribution >= 0.6 is 11.3 Å². The number of anilines is 3. The number of thiophene rings is 1. The first-order valence-electron chi connectivity index (χ1n) is 8.01. The second kappa shape index (κ2) is 5.87. The molecule has 1 saturated heterocycles. The third kappa shape index (κ3) is 2.53. The van der Waals surface area contributed by atoms with Crippen molar-refractivity contribution in [1.82, 2.24) is 9.97 Å². The molecule has 1 aliphatic rings. The van der Waals surface area contributed by atoms with E-state index in [4.69, 9.17) is 0 Å². The maximum absolute atomic E-state index is 11.8. The molecule has 0 bridgehead atoms. The smallest absolute Gasteiger partial charge is 0.227 e. The molecular formula is C18H18N4OS. The number of hydrogen-bond acceptors (Lipinski definition) is 5. The van der Waals surface area contributed by atoms with Crippen LogP contribution in [0.2, 0.25) is 0 Å². The van der Waals surface area contributed by atoms with Crippen LogP contribution in [0.1, 0.15) is 23.3 Å². The van der Waals surface area contributed by atoms with E-state index >= 15 is 0 Å². The Morgan fingerprint density at radius 1 is 1.17 bits per heavy atom. The lowest BCUT2D eigenvalue weighted by Crippen LogP contribution is -2.23. The molecule has 0 aliphatic carbocycles. The predicted molar refractivity (Wildman–Crippen MR) is 98.2 cm³/mol. The Morgan fingerprint density at radius 3 is 2.67 bits per heavy atom. The van der Waals surface area contributed by atoms with Gasteiger partial charge in [0.2, 0.25) is 5.91 Å². The lowest BCUT2D eigenvalue weighted by molar-refractivity contribution is -0.117. The third-order valence-electron chi connectivity index (χ3n) is 4.48. The lowest BCUT2D eigenvalue weighted by atomic mass is 10.2. The maximum Gasteiger partial charge on any atom is 0.227 e. The molecule has 0 radical (unpaired) electrons. The second-order valence-electron chi connectivity index (χ2n) is 6.01. The molecule has 24 heavy (non-hydrogen) atoms. The Kier molecular flexibility index (Phi) is 3.69. The van der Waals surface area contributed by atoms with E-state index in [-0.39, 0.29) is 5.91 Å². The molecule has 122 valence electrons. The van der Waals surface area contributed by atoms with E-state index in [1.165, 1.54) is 10.4 Å². The normalized spacial score (nSPS) is 14.6. The first-order valence-corrected chi connectivity index (χ1v) is 8.83. The zero-order valence-corrected chi connectivity index (χ0v) is 14.5. The topological polar surface area (TPSA) is 58.1 Å². The van der Waals surface area contributed by atoms with Gasteiger partial charge >= 0.3 is 0 Å². The third-order valence-corrected chi connectivity index (χ3v) is 5.60. The number of hydrogen-bond donors (Lipinski definition) is 1. The number of carbonyl (C=O) groups excluding carboxylic acids is 1. The summed E-state index contributed by atoms with van der Waals surface area (Å²) in [5.41, 5.74) is 3.13. The van der Waals surface area contributed by atoms with Crippen LogP contribution in [-0.2, 0) is 4.79 Å². The van der Waals surface area contributed by atoms with Crippen LogP contribution in [0, 0.1) is 13.8 Å². The fraction of sp³-hybridized carbons (Fsp3) is 0.278. The molecule has 2 aromatic heterocycles. The van der Waals surface area contributed by atoms with Crippen molar-refractivity contribution >= 4 is 44.7 Å². The summed E-state index contributed by atoms with van der Waals surface area (Å²) in [6.07, 6.45) is 3.18. The van der Waals surface area contributed by atoms with E-state index in [9.17, 15) is 4.79 Å². The minimum atomic E-state index is 0.206. The Bertz CT molecular complexity index is 917. The van der Waals surface area contributed by atoms with Gasteiger partial charge in [-0.25, -0.2) is 9.97 Å². The molecular weight excluding hydrogens is 320 g/mol. The zero-order valence-electron chi connectivity index (χ0n) is 13.7. The average Bonchev–Trinajstić information content (AvgIpc) is 3.13. The van der Waals surface area contributed by atoms with Gasteiger partial charge in [0, 0.05) is 29.2 Å². The number of carbonyl (C=O) groups is 1. The zero-order chi connectivity index (χ0) is 16.7. The molecule has 4 rings (SSSR count). The van der Waals surface area contributed by atoms with Gasteiger partial charge < -0.3 is 10.2 Å². The van der Waals surface area contributed by atoms with Crippen LogP contribution in [0.4, 0.5) is 17.2 Å². The summed E-state index contributed by atoms with van der Waals surface area (Å²) < 4.78 is 0. The maximum atomic E-state index is 11.8. The van der Waals surface area contributed by atoms with E-state index in [1.54, 1.807) is 17.7 Å². The van der Waals surface area contributed by atoms with Crippen molar-refractivity contribution in [2.45, 2.75) is 26.7 Å². The molecule has 0 saturated carbocycles. The van der Waals surface area contributed by atoms with Crippen LogP contribution in [0.3, 0.4) is 0 Å². The molecule has 0 unspecified atom stereocenters. The molecule has 0 spiro atoms. The van der Waals surface area contributed by atoms with Gasteiger partial charge in [0.25, 0.3) is 0 Å². The Morgan fingerprint density at radius 2 is 1.96 bits per heavy atom. The van der Waals surface area contributed by atoms with Crippen molar-refractivity contribution in [3.8, 4) is 0 Å². The summed E-state index contributed by atoms with van der Waals surface area (Å²) in [4.78, 5) is 24.7. The highest BCUT2D eigenvalue weighted by atomic mass is 32.1. The minimum Gasteiger partial charge on any atom is -0.340 e. The molecule has 1 fully saturated rings. The summed E-state index contributed by atoms with van der Waals surface area (Å²) in [5.74, 6) is 1.03. The largest absolute Gasteiger partial charge is 0.340 e. The van der Waals surface area contributed by atoms with Crippen LogP contribution in [0.5, 0.6) is 0 Å². The van der Waals surface area contributed by atoms with Gasteiger partial charge in [-0.15, -0.1) is 11.3 Å². The van der Waals surface area contributed by atoms with Crippen LogP contribution in [-0.4, -0.2) is 22.4 Å². The Balaban J connectivity index is 1.63.